The highest BCUT2D eigenvalue weighted by atomic mass is 35.5. The van der Waals surface area contributed by atoms with Crippen LogP contribution in [0, 0.1) is 5.82 Å². The molecule has 2 rings (SSSR count). The number of hydrogen-bond donors (Lipinski definition) is 1. The van der Waals surface area contributed by atoms with E-state index < -0.39 is 11.8 Å². The Morgan fingerprint density at radius 1 is 1.47 bits per heavy atom. The van der Waals surface area contributed by atoms with Crippen molar-refractivity contribution in [2.75, 3.05) is 0 Å². The Bertz CT molecular complexity index is 600. The summed E-state index contributed by atoms with van der Waals surface area (Å²) in [5, 5.41) is 16.4. The van der Waals surface area contributed by atoms with Crippen molar-refractivity contribution in [3.63, 3.8) is 0 Å². The van der Waals surface area contributed by atoms with Gasteiger partial charge in [0.2, 0.25) is 0 Å². The van der Waals surface area contributed by atoms with Gasteiger partial charge in [0.1, 0.15) is 5.82 Å². The fourth-order valence-corrected chi connectivity index (χ4v) is 1.79. The molecule has 1 aromatic heterocycles. The predicted octanol–water partition coefficient (Wildman–Crippen LogP) is 2.14. The molecule has 0 radical (unpaired) electrons. The van der Waals surface area contributed by atoms with Crippen molar-refractivity contribution in [1.29, 1.82) is 0 Å². The van der Waals surface area contributed by atoms with Crippen LogP contribution in [-0.2, 0) is 17.8 Å². The van der Waals surface area contributed by atoms with E-state index in [-0.39, 0.29) is 11.4 Å². The first-order valence-electron chi connectivity index (χ1n) is 5.59. The Morgan fingerprint density at radius 2 is 2.26 bits per heavy atom. The molecule has 0 aliphatic carbocycles. The smallest absolute Gasteiger partial charge is 0.303 e. The van der Waals surface area contributed by atoms with Crippen molar-refractivity contribution >= 4 is 17.6 Å². The zero-order valence-electron chi connectivity index (χ0n) is 9.88. The largest absolute Gasteiger partial charge is 0.481 e. The molecule has 2 aromatic rings. The standard InChI is InChI=1S/C12H11ClFN3O2/c13-10-5-8(1-3-11(10)14)6-17-7-9(15-16-17)2-4-12(18)19/h1,3,5,7H,2,4,6H2,(H,18,19). The molecule has 0 aliphatic rings. The summed E-state index contributed by atoms with van der Waals surface area (Å²) in [6, 6.07) is 4.43. The van der Waals surface area contributed by atoms with Crippen molar-refractivity contribution < 1.29 is 14.3 Å². The number of benzene rings is 1. The molecule has 5 nitrogen and oxygen atoms in total. The van der Waals surface area contributed by atoms with Gasteiger partial charge in [0, 0.05) is 12.6 Å². The maximum atomic E-state index is 13.0. The van der Waals surface area contributed by atoms with Gasteiger partial charge in [0.25, 0.3) is 0 Å². The first-order valence-corrected chi connectivity index (χ1v) is 5.97. The molecule has 1 aromatic carbocycles. The molecular weight excluding hydrogens is 273 g/mol. The molecule has 0 saturated heterocycles. The second-order valence-corrected chi connectivity index (χ2v) is 4.46. The maximum absolute atomic E-state index is 13.0. The summed E-state index contributed by atoms with van der Waals surface area (Å²) in [5.74, 6) is -1.34. The van der Waals surface area contributed by atoms with Crippen molar-refractivity contribution in [2.24, 2.45) is 0 Å². The van der Waals surface area contributed by atoms with Crippen LogP contribution in [0.3, 0.4) is 0 Å². The van der Waals surface area contributed by atoms with Crippen LogP contribution in [0.15, 0.2) is 24.4 Å². The fourth-order valence-electron chi connectivity index (χ4n) is 1.59. The molecule has 0 atom stereocenters. The molecule has 1 N–H and O–H groups in total. The monoisotopic (exact) mass is 283 g/mol. The summed E-state index contributed by atoms with van der Waals surface area (Å²) in [6.45, 7) is 0.403. The Kier molecular flexibility index (Phi) is 4.11. The second kappa shape index (κ2) is 5.79. The normalized spacial score (nSPS) is 10.6. The lowest BCUT2D eigenvalue weighted by atomic mass is 10.2. The summed E-state index contributed by atoms with van der Waals surface area (Å²) in [5.41, 5.74) is 1.40. The molecule has 0 amide bonds. The van der Waals surface area contributed by atoms with E-state index in [1.165, 1.54) is 12.1 Å². The highest BCUT2D eigenvalue weighted by molar-refractivity contribution is 6.30. The summed E-state index contributed by atoms with van der Waals surface area (Å²) >= 11 is 5.68. The Hall–Kier alpha value is -1.95. The van der Waals surface area contributed by atoms with Crippen LogP contribution < -0.4 is 0 Å². The van der Waals surface area contributed by atoms with Crippen LogP contribution >= 0.6 is 11.6 Å². The van der Waals surface area contributed by atoms with E-state index >= 15 is 0 Å². The number of halogens is 2. The highest BCUT2D eigenvalue weighted by Gasteiger charge is 2.06. The molecule has 0 fully saturated rings. The first kappa shape index (κ1) is 13.5. The lowest BCUT2D eigenvalue weighted by Crippen LogP contribution is -2.00. The van der Waals surface area contributed by atoms with Gasteiger partial charge in [0.15, 0.2) is 0 Å². The molecule has 19 heavy (non-hydrogen) atoms. The lowest BCUT2D eigenvalue weighted by molar-refractivity contribution is -0.136. The Morgan fingerprint density at radius 3 is 2.95 bits per heavy atom. The highest BCUT2D eigenvalue weighted by Crippen LogP contribution is 2.16. The molecule has 0 saturated carbocycles. The van der Waals surface area contributed by atoms with Gasteiger partial charge in [-0.3, -0.25) is 4.79 Å². The van der Waals surface area contributed by atoms with Gasteiger partial charge in [0.05, 0.1) is 23.7 Å². The lowest BCUT2D eigenvalue weighted by Gasteiger charge is -2.02. The van der Waals surface area contributed by atoms with Gasteiger partial charge < -0.3 is 5.11 Å². The minimum absolute atomic E-state index is 0.0150. The van der Waals surface area contributed by atoms with E-state index in [4.69, 9.17) is 16.7 Å². The van der Waals surface area contributed by atoms with Gasteiger partial charge in [-0.25, -0.2) is 9.07 Å². The molecule has 0 unspecified atom stereocenters. The van der Waals surface area contributed by atoms with Crippen molar-refractivity contribution in [3.05, 3.63) is 46.5 Å². The number of nitrogens with zero attached hydrogens (tertiary/aromatic N) is 3. The van der Waals surface area contributed by atoms with Crippen LogP contribution in [0.2, 0.25) is 5.02 Å². The zero-order valence-corrected chi connectivity index (χ0v) is 10.6. The van der Waals surface area contributed by atoms with Gasteiger partial charge >= 0.3 is 5.97 Å². The van der Waals surface area contributed by atoms with E-state index in [0.29, 0.717) is 18.7 Å². The van der Waals surface area contributed by atoms with Crippen molar-refractivity contribution in [1.82, 2.24) is 15.0 Å². The number of carboxylic acids is 1. The van der Waals surface area contributed by atoms with Crippen LogP contribution in [0.25, 0.3) is 0 Å². The fraction of sp³-hybridized carbons (Fsp3) is 0.250. The maximum Gasteiger partial charge on any atom is 0.303 e. The van der Waals surface area contributed by atoms with E-state index in [9.17, 15) is 9.18 Å². The molecule has 100 valence electrons. The van der Waals surface area contributed by atoms with Crippen molar-refractivity contribution in [3.8, 4) is 0 Å². The number of carboxylic acid groups (broad SMARTS) is 1. The molecule has 1 heterocycles. The average molecular weight is 284 g/mol. The Balaban J connectivity index is 2.02. The summed E-state index contributed by atoms with van der Waals surface area (Å²) in [6.07, 6.45) is 2.01. The molecule has 0 bridgehead atoms. The van der Waals surface area contributed by atoms with Crippen LogP contribution in [0.4, 0.5) is 4.39 Å². The van der Waals surface area contributed by atoms with Gasteiger partial charge in [-0.15, -0.1) is 5.10 Å². The molecule has 0 spiro atoms. The van der Waals surface area contributed by atoms with E-state index in [2.05, 4.69) is 10.3 Å². The minimum atomic E-state index is -0.875. The number of rotatable bonds is 5. The first-order chi connectivity index (χ1) is 9.04. The van der Waals surface area contributed by atoms with E-state index in [1.807, 2.05) is 0 Å². The van der Waals surface area contributed by atoms with Crippen molar-refractivity contribution in [2.45, 2.75) is 19.4 Å². The van der Waals surface area contributed by atoms with Gasteiger partial charge in [-0.2, -0.15) is 0 Å². The third-order valence-electron chi connectivity index (χ3n) is 2.51. The average Bonchev–Trinajstić information content (AvgIpc) is 2.79. The van der Waals surface area contributed by atoms with E-state index in [0.717, 1.165) is 5.56 Å². The number of hydrogen-bond acceptors (Lipinski definition) is 3. The molecular formula is C12H11ClFN3O2. The second-order valence-electron chi connectivity index (χ2n) is 4.05. The number of aryl methyl sites for hydroxylation is 1. The van der Waals surface area contributed by atoms with Gasteiger partial charge in [-0.1, -0.05) is 22.9 Å². The summed E-state index contributed by atoms with van der Waals surface area (Å²) in [4.78, 5) is 10.4. The van der Waals surface area contributed by atoms with Crippen LogP contribution in [-0.4, -0.2) is 26.1 Å². The topological polar surface area (TPSA) is 68.0 Å². The molecule has 0 aliphatic heterocycles. The summed E-state index contributed by atoms with van der Waals surface area (Å²) < 4.78 is 14.6. The predicted molar refractivity (Wildman–Crippen MR) is 66.5 cm³/mol. The zero-order chi connectivity index (χ0) is 13.8. The third kappa shape index (κ3) is 3.75. The Labute approximate surface area is 113 Å². The van der Waals surface area contributed by atoms with Crippen LogP contribution in [0.1, 0.15) is 17.7 Å². The SMILES string of the molecule is O=C(O)CCc1cn(Cc2ccc(F)c(Cl)c2)nn1. The third-order valence-corrected chi connectivity index (χ3v) is 2.80. The molecule has 7 heteroatoms. The number of aliphatic carboxylic acids is 1. The number of carbonyl (C=O) groups is 1. The van der Waals surface area contributed by atoms with Crippen LogP contribution in [0.5, 0.6) is 0 Å². The minimum Gasteiger partial charge on any atom is -0.481 e. The summed E-state index contributed by atoms with van der Waals surface area (Å²) in [7, 11) is 0. The van der Waals surface area contributed by atoms with Gasteiger partial charge in [-0.05, 0) is 17.7 Å². The number of aromatic nitrogens is 3. The quantitative estimate of drug-likeness (QED) is 0.913. The van der Waals surface area contributed by atoms with E-state index in [1.54, 1.807) is 16.9 Å².